The van der Waals surface area contributed by atoms with Crippen molar-refractivity contribution < 1.29 is 34.1 Å². The first-order valence-corrected chi connectivity index (χ1v) is 17.6. The Morgan fingerprint density at radius 2 is 1.56 bits per heavy atom. The number of rotatable bonds is 8. The molecule has 2 aliphatic heterocycles. The maximum absolute atomic E-state index is 15.3. The van der Waals surface area contributed by atoms with Crippen LogP contribution in [0.2, 0.25) is 0 Å². The molecule has 6 unspecified atom stereocenters. The van der Waals surface area contributed by atoms with E-state index >= 15 is 4.79 Å². The summed E-state index contributed by atoms with van der Waals surface area (Å²) in [6, 6.07) is 28.2. The zero-order chi connectivity index (χ0) is 36.3. The zero-order valence-corrected chi connectivity index (χ0v) is 28.9. The van der Waals surface area contributed by atoms with Crippen molar-refractivity contribution in [1.29, 1.82) is 0 Å². The molecule has 10 heteroatoms. The van der Waals surface area contributed by atoms with Gasteiger partial charge in [0.25, 0.3) is 11.8 Å². The third kappa shape index (κ3) is 4.99. The number of hydrogen-bond donors (Lipinski definition) is 3. The second-order valence-corrected chi connectivity index (χ2v) is 14.2. The number of hydrogen-bond acceptors (Lipinski definition) is 8. The van der Waals surface area contributed by atoms with Crippen LogP contribution in [0, 0.1) is 30.6 Å². The van der Waals surface area contributed by atoms with E-state index in [0.717, 1.165) is 21.7 Å². The van der Waals surface area contributed by atoms with E-state index in [0.29, 0.717) is 29.0 Å². The molecular formula is C42H39N3O7. The van der Waals surface area contributed by atoms with Crippen LogP contribution in [0.3, 0.4) is 0 Å². The second kappa shape index (κ2) is 12.7. The Labute approximate surface area is 301 Å². The van der Waals surface area contributed by atoms with Gasteiger partial charge in [0.1, 0.15) is 17.2 Å². The van der Waals surface area contributed by atoms with E-state index in [1.807, 2.05) is 55.5 Å². The Hall–Kier alpha value is -5.90. The normalized spacial score (nSPS) is 26.5. The fourth-order valence-corrected chi connectivity index (χ4v) is 9.25. The molecule has 10 nitrogen and oxygen atoms in total. The van der Waals surface area contributed by atoms with Gasteiger partial charge >= 0.3 is 0 Å². The third-order valence-electron chi connectivity index (χ3n) is 11.6. The molecule has 0 radical (unpaired) electrons. The Bertz CT molecular complexity index is 2110. The quantitative estimate of drug-likeness (QED) is 0.159. The molecule has 2 saturated heterocycles. The lowest BCUT2D eigenvalue weighted by Crippen LogP contribution is -2.53. The summed E-state index contributed by atoms with van der Waals surface area (Å²) in [5.74, 6) is -4.90. The second-order valence-electron chi connectivity index (χ2n) is 14.2. The number of carbonyl (C=O) groups is 4. The summed E-state index contributed by atoms with van der Waals surface area (Å²) in [6.45, 7) is 2.13. The molecule has 4 aromatic carbocycles. The highest BCUT2D eigenvalue weighted by atomic mass is 16.5. The van der Waals surface area contributed by atoms with Crippen molar-refractivity contribution in [1.82, 2.24) is 9.91 Å². The van der Waals surface area contributed by atoms with Crippen molar-refractivity contribution in [3.63, 3.8) is 0 Å². The summed E-state index contributed by atoms with van der Waals surface area (Å²) in [4.78, 5) is 59.8. The number of imide groups is 2. The molecule has 0 spiro atoms. The minimum absolute atomic E-state index is 0.100. The number of benzene rings is 4. The van der Waals surface area contributed by atoms with Gasteiger partial charge in [0.15, 0.2) is 0 Å². The Morgan fingerprint density at radius 1 is 0.827 bits per heavy atom. The first-order valence-electron chi connectivity index (χ1n) is 17.6. The van der Waals surface area contributed by atoms with Gasteiger partial charge in [-0.2, -0.15) is 5.01 Å². The number of carbonyl (C=O) groups excluding carboxylic acids is 4. The van der Waals surface area contributed by atoms with Gasteiger partial charge in [-0.05, 0) is 79.6 Å². The summed E-state index contributed by atoms with van der Waals surface area (Å²) < 4.78 is 5.85. The molecule has 3 fully saturated rings. The number of allylic oxidation sites excluding steroid dienone is 2. The van der Waals surface area contributed by atoms with Crippen LogP contribution in [0.15, 0.2) is 109 Å². The van der Waals surface area contributed by atoms with Gasteiger partial charge in [-0.25, -0.2) is 0 Å². The predicted octanol–water partition coefficient (Wildman–Crippen LogP) is 5.64. The lowest BCUT2D eigenvalue weighted by atomic mass is 9.49. The molecule has 0 aromatic heterocycles. The van der Waals surface area contributed by atoms with Gasteiger partial charge in [0.05, 0.1) is 36.0 Å². The minimum Gasteiger partial charge on any atom is -0.508 e. The van der Waals surface area contributed by atoms with E-state index in [-0.39, 0.29) is 42.7 Å². The van der Waals surface area contributed by atoms with Gasteiger partial charge in [-0.3, -0.25) is 29.5 Å². The van der Waals surface area contributed by atoms with Crippen LogP contribution in [0.5, 0.6) is 17.2 Å². The maximum atomic E-state index is 15.3. The van der Waals surface area contributed by atoms with Crippen molar-refractivity contribution >= 4 is 29.3 Å². The summed E-state index contributed by atoms with van der Waals surface area (Å²) in [7, 11) is 1.49. The first-order chi connectivity index (χ1) is 25.1. The standard InChI is InChI=1S/C42H39N3O7/c1-24-11-15-27(16-12-24)43-45-39(49)32-23-31-29(19-20-30-35(31)40(50)44(38(30)48)22-21-25-13-17-28(46)18-14-25)37(36-33(47)9-6-10-34(36)52-2)42(32,41(45)51)26-7-4-3-5-8-26/h3-19,30-32,35,37,43,46-47H,20-23H2,1-2H3. The molecule has 4 amide bonds. The Balaban J connectivity index is 1.27. The van der Waals surface area contributed by atoms with Crippen molar-refractivity contribution in [2.24, 2.45) is 23.7 Å². The molecule has 4 aromatic rings. The van der Waals surface area contributed by atoms with E-state index in [4.69, 9.17) is 4.74 Å². The lowest BCUT2D eigenvalue weighted by molar-refractivity contribution is -0.141. The van der Waals surface area contributed by atoms with Crippen LogP contribution in [0.1, 0.15) is 41.0 Å². The summed E-state index contributed by atoms with van der Waals surface area (Å²) in [5, 5.41) is 22.5. The van der Waals surface area contributed by atoms with E-state index in [9.17, 15) is 24.6 Å². The highest BCUT2D eigenvalue weighted by Gasteiger charge is 2.71. The summed E-state index contributed by atoms with van der Waals surface area (Å²) in [6.07, 6.45) is 2.81. The van der Waals surface area contributed by atoms with Crippen molar-refractivity contribution in [3.05, 3.63) is 131 Å². The van der Waals surface area contributed by atoms with Crippen LogP contribution in [0.25, 0.3) is 0 Å². The van der Waals surface area contributed by atoms with Gasteiger partial charge in [-0.15, -0.1) is 0 Å². The molecular weight excluding hydrogens is 658 g/mol. The van der Waals surface area contributed by atoms with Gasteiger partial charge < -0.3 is 14.9 Å². The summed E-state index contributed by atoms with van der Waals surface area (Å²) in [5.41, 5.74) is 5.72. The molecule has 52 heavy (non-hydrogen) atoms. The molecule has 264 valence electrons. The number of fused-ring (bicyclic) bond motifs is 4. The fourth-order valence-electron chi connectivity index (χ4n) is 9.25. The van der Waals surface area contributed by atoms with Crippen molar-refractivity contribution in [2.75, 3.05) is 19.1 Å². The Morgan fingerprint density at radius 3 is 2.27 bits per heavy atom. The van der Waals surface area contributed by atoms with Crippen LogP contribution >= 0.6 is 0 Å². The maximum Gasteiger partial charge on any atom is 0.260 e. The average Bonchev–Trinajstić information content (AvgIpc) is 3.53. The number of methoxy groups -OCH3 is 1. The monoisotopic (exact) mass is 697 g/mol. The number of anilines is 1. The van der Waals surface area contributed by atoms with Crippen LogP contribution < -0.4 is 10.2 Å². The number of nitrogens with one attached hydrogen (secondary N) is 1. The number of aromatic hydroxyl groups is 2. The number of likely N-dealkylation sites (tertiary alicyclic amines) is 1. The SMILES string of the molecule is COc1cccc(O)c1C1C2=CCC3C(=O)N(CCc4ccc(O)cc4)C(=O)C3C2CC2C(=O)N(Nc3ccc(C)cc3)C(=O)C21c1ccccc1. The van der Waals surface area contributed by atoms with Crippen molar-refractivity contribution in [3.8, 4) is 17.2 Å². The van der Waals surface area contributed by atoms with E-state index in [1.165, 1.54) is 12.0 Å². The van der Waals surface area contributed by atoms with Crippen molar-refractivity contribution in [2.45, 2.75) is 37.5 Å². The highest BCUT2D eigenvalue weighted by Crippen LogP contribution is 2.65. The number of ether oxygens (including phenoxy) is 1. The number of nitrogens with zero attached hydrogens (tertiary/aromatic N) is 2. The highest BCUT2D eigenvalue weighted by molar-refractivity contribution is 6.13. The fraction of sp³-hybridized carbons (Fsp3) is 0.286. The number of hydrazine groups is 1. The van der Waals surface area contributed by atoms with E-state index in [1.54, 1.807) is 54.6 Å². The molecule has 2 aliphatic carbocycles. The van der Waals surface area contributed by atoms with Crippen LogP contribution in [0.4, 0.5) is 5.69 Å². The largest absolute Gasteiger partial charge is 0.508 e. The van der Waals surface area contributed by atoms with E-state index < -0.39 is 46.8 Å². The van der Waals surface area contributed by atoms with Gasteiger partial charge in [0, 0.05) is 18.0 Å². The molecule has 2 heterocycles. The number of phenolic OH excluding ortho intramolecular Hbond substituents is 2. The third-order valence-corrected chi connectivity index (χ3v) is 11.6. The molecule has 6 atom stereocenters. The number of aryl methyl sites for hydroxylation is 1. The smallest absolute Gasteiger partial charge is 0.260 e. The molecule has 8 rings (SSSR count). The number of amides is 4. The minimum atomic E-state index is -1.53. The Kier molecular flexibility index (Phi) is 8.12. The molecule has 4 aliphatic rings. The predicted molar refractivity (Wildman–Crippen MR) is 192 cm³/mol. The van der Waals surface area contributed by atoms with Crippen LogP contribution in [-0.2, 0) is 31.0 Å². The lowest BCUT2D eigenvalue weighted by Gasteiger charge is -2.50. The topological polar surface area (TPSA) is 136 Å². The first kappa shape index (κ1) is 33.3. The molecule has 1 saturated carbocycles. The molecule has 3 N–H and O–H groups in total. The summed E-state index contributed by atoms with van der Waals surface area (Å²) >= 11 is 0. The average molecular weight is 698 g/mol. The van der Waals surface area contributed by atoms with E-state index in [2.05, 4.69) is 5.43 Å². The van der Waals surface area contributed by atoms with Gasteiger partial charge in [0.2, 0.25) is 11.8 Å². The van der Waals surface area contributed by atoms with Gasteiger partial charge in [-0.1, -0.05) is 77.9 Å². The molecule has 0 bridgehead atoms. The number of phenols is 2. The van der Waals surface area contributed by atoms with Crippen LogP contribution in [-0.4, -0.2) is 57.4 Å². The zero-order valence-electron chi connectivity index (χ0n) is 28.9.